The van der Waals surface area contributed by atoms with Crippen molar-refractivity contribution in [3.63, 3.8) is 0 Å². The van der Waals surface area contributed by atoms with Crippen LogP contribution in [0.5, 0.6) is 11.5 Å². The van der Waals surface area contributed by atoms with E-state index in [0.717, 1.165) is 4.90 Å². The van der Waals surface area contributed by atoms with Crippen LogP contribution in [0.2, 0.25) is 0 Å². The third-order valence-electron chi connectivity index (χ3n) is 3.83. The zero-order chi connectivity index (χ0) is 18.7. The molecule has 0 radical (unpaired) electrons. The molecule has 2 aromatic rings. The molecule has 0 aliphatic carbocycles. The smallest absolute Gasteiger partial charge is 0.331 e. The molecule has 8 nitrogen and oxygen atoms in total. The Kier molecular flexibility index (Phi) is 4.74. The van der Waals surface area contributed by atoms with Gasteiger partial charge in [0.05, 0.1) is 27.0 Å². The summed E-state index contributed by atoms with van der Waals surface area (Å²) in [7, 11) is 2.99. The Morgan fingerprint density at radius 2 is 1.96 bits per heavy atom. The van der Waals surface area contributed by atoms with Gasteiger partial charge >= 0.3 is 6.03 Å². The lowest BCUT2D eigenvalue weighted by Gasteiger charge is -2.27. The van der Waals surface area contributed by atoms with Crippen molar-refractivity contribution in [1.29, 1.82) is 0 Å². The van der Waals surface area contributed by atoms with Gasteiger partial charge < -0.3 is 13.9 Å². The zero-order valence-electron chi connectivity index (χ0n) is 14.1. The van der Waals surface area contributed by atoms with Gasteiger partial charge in [-0.3, -0.25) is 19.8 Å². The maximum atomic E-state index is 12.7. The van der Waals surface area contributed by atoms with E-state index in [-0.39, 0.29) is 12.1 Å². The van der Waals surface area contributed by atoms with Crippen LogP contribution < -0.4 is 14.8 Å². The minimum atomic E-state index is -0.804. The Morgan fingerprint density at radius 1 is 1.15 bits per heavy atom. The Hall–Kier alpha value is -3.55. The van der Waals surface area contributed by atoms with Crippen molar-refractivity contribution in [3.05, 3.63) is 53.5 Å². The average Bonchev–Trinajstić information content (AvgIpc) is 3.15. The number of hydrogen-bond acceptors (Lipinski definition) is 6. The van der Waals surface area contributed by atoms with Crippen molar-refractivity contribution in [2.45, 2.75) is 6.54 Å². The van der Waals surface area contributed by atoms with Gasteiger partial charge in [-0.15, -0.1) is 0 Å². The molecular formula is C18H16N2O6. The second-order valence-electron chi connectivity index (χ2n) is 5.40. The third kappa shape index (κ3) is 3.30. The van der Waals surface area contributed by atoms with Crippen LogP contribution in [0.4, 0.5) is 4.79 Å². The van der Waals surface area contributed by atoms with Crippen molar-refractivity contribution in [3.8, 4) is 11.5 Å². The maximum absolute atomic E-state index is 12.7. The predicted octanol–water partition coefficient (Wildman–Crippen LogP) is 1.96. The zero-order valence-corrected chi connectivity index (χ0v) is 14.1. The molecule has 8 heteroatoms. The second-order valence-corrected chi connectivity index (χ2v) is 5.40. The van der Waals surface area contributed by atoms with Crippen LogP contribution in [0.3, 0.4) is 0 Å². The normalized spacial score (nSPS) is 16.0. The lowest BCUT2D eigenvalue weighted by molar-refractivity contribution is -0.130. The Bertz CT molecular complexity index is 885. The highest BCUT2D eigenvalue weighted by Gasteiger charge is 2.36. The van der Waals surface area contributed by atoms with E-state index < -0.39 is 17.8 Å². The molecule has 0 bridgehead atoms. The number of ether oxygens (including phenoxy) is 2. The first-order valence-electron chi connectivity index (χ1n) is 7.66. The highest BCUT2D eigenvalue weighted by atomic mass is 16.5. The third-order valence-corrected chi connectivity index (χ3v) is 3.83. The Balaban J connectivity index is 1.93. The molecule has 0 atom stereocenters. The monoisotopic (exact) mass is 356 g/mol. The number of nitrogens with one attached hydrogen (secondary N) is 1. The summed E-state index contributed by atoms with van der Waals surface area (Å²) in [6.45, 7) is -0.0895. The molecule has 26 heavy (non-hydrogen) atoms. The number of benzene rings is 1. The summed E-state index contributed by atoms with van der Waals surface area (Å²) in [6.07, 6.45) is 2.71. The number of carbonyl (C=O) groups excluding carboxylic acids is 3. The number of hydrogen-bond donors (Lipinski definition) is 1. The molecule has 2 heterocycles. The van der Waals surface area contributed by atoms with Gasteiger partial charge in [-0.2, -0.15) is 0 Å². The lowest BCUT2D eigenvalue weighted by Crippen LogP contribution is -2.53. The van der Waals surface area contributed by atoms with Crippen molar-refractivity contribution in [2.75, 3.05) is 14.2 Å². The largest absolute Gasteiger partial charge is 0.497 e. The van der Waals surface area contributed by atoms with Gasteiger partial charge in [-0.25, -0.2) is 4.79 Å². The number of nitrogens with zero attached hydrogens (tertiary/aromatic N) is 1. The number of amides is 4. The molecule has 1 aliphatic rings. The second kappa shape index (κ2) is 7.14. The highest BCUT2D eigenvalue weighted by Crippen LogP contribution is 2.26. The maximum Gasteiger partial charge on any atom is 0.331 e. The van der Waals surface area contributed by atoms with Crippen LogP contribution in [-0.2, 0) is 16.1 Å². The lowest BCUT2D eigenvalue weighted by atomic mass is 10.1. The van der Waals surface area contributed by atoms with Gasteiger partial charge in [-0.1, -0.05) is 0 Å². The van der Waals surface area contributed by atoms with Gasteiger partial charge in [-0.05, 0) is 36.4 Å². The summed E-state index contributed by atoms with van der Waals surface area (Å²) in [5, 5.41) is 2.15. The van der Waals surface area contributed by atoms with E-state index in [1.54, 1.807) is 30.3 Å². The highest BCUT2D eigenvalue weighted by molar-refractivity contribution is 6.30. The molecule has 4 amide bonds. The summed E-state index contributed by atoms with van der Waals surface area (Å²) in [4.78, 5) is 37.8. The van der Waals surface area contributed by atoms with Gasteiger partial charge in [0.1, 0.15) is 22.8 Å². The quantitative estimate of drug-likeness (QED) is 0.650. The molecule has 1 saturated heterocycles. The molecule has 1 aromatic carbocycles. The fraction of sp³-hybridized carbons (Fsp3) is 0.167. The molecule has 3 rings (SSSR count). The fourth-order valence-electron chi connectivity index (χ4n) is 2.53. The van der Waals surface area contributed by atoms with E-state index in [4.69, 9.17) is 13.9 Å². The van der Waals surface area contributed by atoms with Gasteiger partial charge in [0, 0.05) is 5.56 Å². The number of urea groups is 1. The van der Waals surface area contributed by atoms with E-state index in [2.05, 4.69) is 5.32 Å². The average molecular weight is 356 g/mol. The summed E-state index contributed by atoms with van der Waals surface area (Å²) in [6, 6.07) is 7.45. The number of furan rings is 1. The van der Waals surface area contributed by atoms with Crippen LogP contribution in [-0.4, -0.2) is 37.0 Å². The minimum absolute atomic E-state index is 0.0895. The molecule has 1 N–H and O–H groups in total. The topological polar surface area (TPSA) is 98.1 Å². The van der Waals surface area contributed by atoms with Crippen LogP contribution in [0.25, 0.3) is 6.08 Å². The molecule has 0 saturated carbocycles. The van der Waals surface area contributed by atoms with Gasteiger partial charge in [0.25, 0.3) is 11.8 Å². The number of imide groups is 2. The minimum Gasteiger partial charge on any atom is -0.497 e. The number of rotatable bonds is 5. The van der Waals surface area contributed by atoms with Crippen molar-refractivity contribution in [2.24, 2.45) is 0 Å². The molecule has 1 aromatic heterocycles. The van der Waals surface area contributed by atoms with Crippen LogP contribution in [0.1, 0.15) is 11.3 Å². The summed E-state index contributed by atoms with van der Waals surface area (Å²) < 4.78 is 15.6. The molecule has 1 fully saturated rings. The number of methoxy groups -OCH3 is 2. The summed E-state index contributed by atoms with van der Waals surface area (Å²) in [5.41, 5.74) is 0.364. The standard InChI is InChI=1S/C18H16N2O6/c1-24-12-5-6-15(25-2)11(8-12)10-20-17(22)14(16(21)19-18(20)23)9-13-4-3-7-26-13/h3-9H,10H2,1-2H3,(H,19,21,23). The molecule has 1 aliphatic heterocycles. The van der Waals surface area contributed by atoms with Crippen molar-refractivity contribution < 1.29 is 28.3 Å². The molecule has 0 unspecified atom stereocenters. The molecule has 134 valence electrons. The molecule has 0 spiro atoms. The number of barbiturate groups is 1. The van der Waals surface area contributed by atoms with Crippen LogP contribution in [0, 0.1) is 0 Å². The van der Waals surface area contributed by atoms with E-state index in [1.807, 2.05) is 0 Å². The van der Waals surface area contributed by atoms with E-state index in [0.29, 0.717) is 22.8 Å². The first-order valence-corrected chi connectivity index (χ1v) is 7.66. The molecular weight excluding hydrogens is 340 g/mol. The Labute approximate surface area is 149 Å². The fourth-order valence-corrected chi connectivity index (χ4v) is 2.53. The first kappa shape index (κ1) is 17.3. The van der Waals surface area contributed by atoms with Gasteiger partial charge in [0.2, 0.25) is 0 Å². The first-order chi connectivity index (χ1) is 12.5. The van der Waals surface area contributed by atoms with Crippen molar-refractivity contribution >= 4 is 23.9 Å². The summed E-state index contributed by atoms with van der Waals surface area (Å²) in [5.74, 6) is -0.130. The van der Waals surface area contributed by atoms with E-state index in [1.165, 1.54) is 26.6 Å². The Morgan fingerprint density at radius 3 is 2.62 bits per heavy atom. The van der Waals surface area contributed by atoms with Crippen molar-refractivity contribution in [1.82, 2.24) is 10.2 Å². The summed E-state index contributed by atoms with van der Waals surface area (Å²) >= 11 is 0. The van der Waals surface area contributed by atoms with E-state index in [9.17, 15) is 14.4 Å². The predicted molar refractivity (Wildman–Crippen MR) is 90.3 cm³/mol. The van der Waals surface area contributed by atoms with Gasteiger partial charge in [0.15, 0.2) is 0 Å². The number of carbonyl (C=O) groups is 3. The van der Waals surface area contributed by atoms with Crippen LogP contribution >= 0.6 is 0 Å². The SMILES string of the molecule is COc1ccc(OC)c(CN2C(=O)NC(=O)C(=Cc3ccco3)C2=O)c1. The van der Waals surface area contributed by atoms with Crippen LogP contribution in [0.15, 0.2) is 46.6 Å². The van der Waals surface area contributed by atoms with E-state index >= 15 is 0 Å².